The zero-order chi connectivity index (χ0) is 14.3. The fourth-order valence-corrected chi connectivity index (χ4v) is 0. The van der Waals surface area contributed by atoms with E-state index in [-0.39, 0.29) is 56.9 Å². The topological polar surface area (TPSA) is 243 Å². The van der Waals surface area contributed by atoms with Gasteiger partial charge in [0.1, 0.15) is 0 Å². The minimum absolute atomic E-state index is 0. The summed E-state index contributed by atoms with van der Waals surface area (Å²) >= 11 is 0. The smallest absolute Gasteiger partial charge is 1.00 e. The Morgan fingerprint density at radius 3 is 0.389 bits per heavy atom. The van der Waals surface area contributed by atoms with Crippen molar-refractivity contribution in [1.82, 2.24) is 0 Å². The molecule has 0 aliphatic rings. The maximum atomic E-state index is 7.17. The molecule has 0 heterocycles. The first-order valence-corrected chi connectivity index (χ1v) is 3.10. The average Bonchev–Trinajstić information content (AvgIpc) is 1.76. The summed E-state index contributed by atoms with van der Waals surface area (Å²) < 4.78 is 0. The van der Waals surface area contributed by atoms with Crippen LogP contribution in [0.15, 0.2) is 0 Å². The van der Waals surface area contributed by atoms with Crippen LogP contribution in [0.1, 0.15) is 4.28 Å². The maximum absolute atomic E-state index is 7.17. The second-order valence-electron chi connectivity index (χ2n) is 1.39. The first-order chi connectivity index (χ1) is 6.93. The van der Waals surface area contributed by atoms with Crippen molar-refractivity contribution in [2.75, 3.05) is 0 Å². The summed E-state index contributed by atoms with van der Waals surface area (Å²) in [4.78, 5) is 0. The molecule has 102 valence electrons. The van der Waals surface area contributed by atoms with E-state index in [2.05, 4.69) is 0 Å². The van der Waals surface area contributed by atoms with Crippen LogP contribution in [-0.2, 0) is 0 Å². The van der Waals surface area contributed by atoms with Gasteiger partial charge in [-0.25, -0.2) is 0 Å². The van der Waals surface area contributed by atoms with Gasteiger partial charge in [-0.15, -0.1) is 0 Å². The number of hydrogen-bond donors (Lipinski definition) is 12. The summed E-state index contributed by atoms with van der Waals surface area (Å²) in [5.41, 5.74) is 0. The molecule has 12 N–H and O–H groups in total. The van der Waals surface area contributed by atoms with Crippen molar-refractivity contribution < 1.29 is 94.1 Å². The minimum atomic E-state index is -2.17. The average molecular weight is 298 g/mol. The van der Waals surface area contributed by atoms with Crippen LogP contribution >= 0.6 is 0 Å². The van der Waals surface area contributed by atoms with Gasteiger partial charge in [0.05, 0.1) is 0 Å². The zero-order valence-electron chi connectivity index (χ0n) is 12.4. The predicted octanol–water partition coefficient (Wildman–Crippen LogP) is -11.2. The summed E-state index contributed by atoms with van der Waals surface area (Å²) in [5, 5.41) is 86.0. The quantitative estimate of drug-likeness (QED) is 0.186. The summed E-state index contributed by atoms with van der Waals surface area (Å²) in [6.07, 6.45) is 0. The van der Waals surface area contributed by atoms with E-state index >= 15 is 0 Å². The van der Waals surface area contributed by atoms with Crippen LogP contribution in [0.3, 0.4) is 0 Å². The van der Waals surface area contributed by atoms with Crippen molar-refractivity contribution in [2.45, 2.75) is 0 Å². The Kier molecular flexibility index (Phi) is 63.3. The monoisotopic (exact) mass is 298 g/mol. The van der Waals surface area contributed by atoms with Gasteiger partial charge in [-0.1, -0.05) is 0 Å². The molecular formula is H15B4MgNaO12. The first-order valence-electron chi connectivity index (χ1n) is 3.10. The summed E-state index contributed by atoms with van der Waals surface area (Å²) in [6, 6.07) is 0. The van der Waals surface area contributed by atoms with Crippen molar-refractivity contribution in [3.63, 3.8) is 0 Å². The van der Waals surface area contributed by atoms with Gasteiger partial charge >= 0.3 is 81.9 Å². The standard InChI is InChI=1S/4BH3O3.Mg.Na.3H/c4*2-1(3)4;;;;;/h4*2-4H;;;;;/q;;;;+2;+1;3*-1. The van der Waals surface area contributed by atoms with Crippen LogP contribution in [0, 0.1) is 0 Å². The predicted molar refractivity (Wildman–Crippen MR) is 58.7 cm³/mol. The van der Waals surface area contributed by atoms with Crippen LogP contribution in [-0.4, -0.2) is 113 Å². The van der Waals surface area contributed by atoms with Gasteiger partial charge in [-0.3, -0.25) is 0 Å². The van der Waals surface area contributed by atoms with Crippen molar-refractivity contribution in [1.29, 1.82) is 0 Å². The third kappa shape index (κ3) is 2010. The Morgan fingerprint density at radius 2 is 0.389 bits per heavy atom. The van der Waals surface area contributed by atoms with E-state index in [1.54, 1.807) is 0 Å². The van der Waals surface area contributed by atoms with Crippen molar-refractivity contribution in [3.8, 4) is 0 Å². The third-order valence-corrected chi connectivity index (χ3v) is 0. The molecule has 0 fully saturated rings. The Morgan fingerprint density at radius 1 is 0.389 bits per heavy atom. The van der Waals surface area contributed by atoms with E-state index in [4.69, 9.17) is 60.3 Å². The van der Waals surface area contributed by atoms with E-state index in [1.165, 1.54) is 0 Å². The first kappa shape index (κ1) is 36.6. The molecule has 0 rings (SSSR count). The van der Waals surface area contributed by atoms with Gasteiger partial charge in [0, 0.05) is 0 Å². The Labute approximate surface area is 146 Å². The van der Waals surface area contributed by atoms with Crippen LogP contribution in [0.2, 0.25) is 0 Å². The van der Waals surface area contributed by atoms with Crippen LogP contribution in [0.5, 0.6) is 0 Å². The summed E-state index contributed by atoms with van der Waals surface area (Å²) in [7, 11) is -8.67. The molecule has 0 aromatic carbocycles. The zero-order valence-corrected chi connectivity index (χ0v) is 12.8. The van der Waals surface area contributed by atoms with E-state index < -0.39 is 29.3 Å². The second kappa shape index (κ2) is 31.1. The van der Waals surface area contributed by atoms with Gasteiger partial charge in [-0.2, -0.15) is 0 Å². The Hall–Kier alpha value is 1.55. The van der Waals surface area contributed by atoms with Crippen molar-refractivity contribution in [3.05, 3.63) is 0 Å². The fraction of sp³-hybridized carbons (Fsp3) is 0. The number of rotatable bonds is 0. The molecule has 0 aliphatic carbocycles. The SMILES string of the molecule is OB(O)O.OB(O)O.OB(O)O.OB(O)O.[H-].[H-].[H-].[Mg+2].[Na+]. The molecule has 0 aliphatic heterocycles. The van der Waals surface area contributed by atoms with Crippen molar-refractivity contribution >= 4 is 52.3 Å². The van der Waals surface area contributed by atoms with Gasteiger partial charge in [-0.05, 0) is 0 Å². The van der Waals surface area contributed by atoms with E-state index in [1.807, 2.05) is 0 Å². The molecule has 12 nitrogen and oxygen atoms in total. The molecule has 0 unspecified atom stereocenters. The fourth-order valence-electron chi connectivity index (χ4n) is 0. The Balaban J connectivity index is -0.0000000121. The van der Waals surface area contributed by atoms with Gasteiger partial charge in [0.15, 0.2) is 0 Å². The maximum Gasteiger partial charge on any atom is 2.00 e. The van der Waals surface area contributed by atoms with E-state index in [0.717, 1.165) is 0 Å². The van der Waals surface area contributed by atoms with Crippen molar-refractivity contribution in [2.24, 2.45) is 0 Å². The van der Waals surface area contributed by atoms with Crippen LogP contribution in [0.4, 0.5) is 0 Å². The van der Waals surface area contributed by atoms with Crippen LogP contribution in [0.25, 0.3) is 0 Å². The molecule has 0 aromatic rings. The van der Waals surface area contributed by atoms with E-state index in [0.29, 0.717) is 0 Å². The van der Waals surface area contributed by atoms with E-state index in [9.17, 15) is 0 Å². The normalized spacial score (nSPS) is 6.00. The molecule has 0 aromatic heterocycles. The molecule has 0 radical (unpaired) electrons. The molecule has 0 saturated heterocycles. The molecule has 0 amide bonds. The van der Waals surface area contributed by atoms with Gasteiger partial charge < -0.3 is 64.6 Å². The third-order valence-electron chi connectivity index (χ3n) is 0. The molecular weight excluding hydrogens is 283 g/mol. The Bertz CT molecular complexity index is 79.5. The van der Waals surface area contributed by atoms with Gasteiger partial charge in [0.25, 0.3) is 0 Å². The molecule has 0 bridgehead atoms. The largest absolute Gasteiger partial charge is 2.00 e. The molecule has 0 saturated carbocycles. The number of hydrogen-bond acceptors (Lipinski definition) is 12. The van der Waals surface area contributed by atoms with Crippen LogP contribution < -0.4 is 29.6 Å². The molecule has 0 atom stereocenters. The molecule has 0 spiro atoms. The summed E-state index contributed by atoms with van der Waals surface area (Å²) in [6.45, 7) is 0. The minimum Gasteiger partial charge on any atom is -1.00 e. The summed E-state index contributed by atoms with van der Waals surface area (Å²) in [5.74, 6) is 0. The molecule has 18 heavy (non-hydrogen) atoms. The second-order valence-corrected chi connectivity index (χ2v) is 1.39. The molecule has 18 heteroatoms. The van der Waals surface area contributed by atoms with Gasteiger partial charge in [0.2, 0.25) is 0 Å².